The molecule has 1 aromatic rings. The second kappa shape index (κ2) is 49.2. The van der Waals surface area contributed by atoms with Gasteiger partial charge in [0, 0.05) is 58.0 Å². The third-order valence-electron chi connectivity index (χ3n) is 13.9. The van der Waals surface area contributed by atoms with Gasteiger partial charge in [-0.05, 0) is 119 Å². The summed E-state index contributed by atoms with van der Waals surface area (Å²) in [5, 5.41) is 2.89. The van der Waals surface area contributed by atoms with E-state index in [0.29, 0.717) is 81.6 Å². The fourth-order valence-electron chi connectivity index (χ4n) is 9.13. The molecule has 1 N–H and O–H groups in total. The molecule has 14 nitrogen and oxygen atoms in total. The molecule has 0 saturated carbocycles. The van der Waals surface area contributed by atoms with Gasteiger partial charge in [0.2, 0.25) is 0 Å². The van der Waals surface area contributed by atoms with Crippen molar-refractivity contribution in [3.05, 3.63) is 34.9 Å². The van der Waals surface area contributed by atoms with Crippen molar-refractivity contribution in [3.63, 3.8) is 0 Å². The Balaban J connectivity index is 2.05. The zero-order valence-corrected chi connectivity index (χ0v) is 50.0. The lowest BCUT2D eigenvalue weighted by atomic mass is 9.95. The Labute approximate surface area is 478 Å². The molecule has 1 aliphatic heterocycles. The highest BCUT2D eigenvalue weighted by Crippen LogP contribution is 2.21. The molecular formula is C65H106N2O12. The van der Waals surface area contributed by atoms with Crippen LogP contribution in [0.2, 0.25) is 0 Å². The van der Waals surface area contributed by atoms with Gasteiger partial charge in [0.15, 0.2) is 6.29 Å². The molecule has 2 unspecified atom stereocenters. The Morgan fingerprint density at radius 1 is 0.494 bits per heavy atom. The first kappa shape index (κ1) is 70.5. The normalized spacial score (nSPS) is 12.9. The molecule has 79 heavy (non-hydrogen) atoms. The number of benzene rings is 1. The first-order valence-electron chi connectivity index (χ1n) is 31.2. The first-order chi connectivity index (χ1) is 38.6. The minimum Gasteiger partial charge on any atom is -0.465 e. The van der Waals surface area contributed by atoms with E-state index in [4.69, 9.17) is 33.2 Å². The summed E-state index contributed by atoms with van der Waals surface area (Å²) < 4.78 is 40.8. The van der Waals surface area contributed by atoms with E-state index in [1.54, 1.807) is 0 Å². The van der Waals surface area contributed by atoms with Crippen LogP contribution in [0.3, 0.4) is 0 Å². The maximum absolute atomic E-state index is 13.3. The fraction of sp³-hybridized carbons (Fsp3) is 0.769. The monoisotopic (exact) mass is 1110 g/mol. The van der Waals surface area contributed by atoms with E-state index in [1.807, 2.05) is 18.2 Å². The highest BCUT2D eigenvalue weighted by atomic mass is 16.7. The van der Waals surface area contributed by atoms with Gasteiger partial charge in [0.05, 0.1) is 32.2 Å². The van der Waals surface area contributed by atoms with Crippen LogP contribution in [0.5, 0.6) is 0 Å². The summed E-state index contributed by atoms with van der Waals surface area (Å²) in [6.07, 6.45) is 25.3. The zero-order valence-electron chi connectivity index (χ0n) is 50.0. The van der Waals surface area contributed by atoms with Crippen molar-refractivity contribution in [3.8, 4) is 23.7 Å². The summed E-state index contributed by atoms with van der Waals surface area (Å²) in [5.41, 5.74) is 1.94. The van der Waals surface area contributed by atoms with Gasteiger partial charge in [-0.15, -0.1) is 23.7 Å². The molecule has 2 rings (SSSR count). The van der Waals surface area contributed by atoms with E-state index in [1.165, 1.54) is 25.7 Å². The van der Waals surface area contributed by atoms with Crippen LogP contribution in [0.1, 0.15) is 257 Å². The van der Waals surface area contributed by atoms with Crippen molar-refractivity contribution >= 4 is 30.0 Å². The number of unbranched alkanes of at least 4 members (excludes halogenated alkanes) is 14. The van der Waals surface area contributed by atoms with E-state index in [0.717, 1.165) is 142 Å². The van der Waals surface area contributed by atoms with Gasteiger partial charge < -0.3 is 43.4 Å². The second-order valence-corrected chi connectivity index (χ2v) is 21.2. The molecule has 14 heteroatoms. The Hall–Kier alpha value is -4.63. The van der Waals surface area contributed by atoms with Crippen molar-refractivity contribution in [2.45, 2.75) is 272 Å². The fourth-order valence-corrected chi connectivity index (χ4v) is 9.13. The van der Waals surface area contributed by atoms with E-state index >= 15 is 0 Å². The third kappa shape index (κ3) is 39.4. The Bertz CT molecular complexity index is 1860. The molecule has 448 valence electrons. The van der Waals surface area contributed by atoms with Crippen molar-refractivity contribution < 1.29 is 57.1 Å². The smallest absolute Gasteiger partial charge is 0.407 e. The van der Waals surface area contributed by atoms with Gasteiger partial charge in [-0.25, -0.2) is 4.79 Å². The molecule has 1 fully saturated rings. The number of rotatable bonds is 47. The number of carbonyl (C=O) groups is 5. The lowest BCUT2D eigenvalue weighted by Gasteiger charge is -2.19. The standard InChI is InChI=1S/C65H106N2O12/c1-6-11-16-20-23-31-46-73-63(74-47-32-24-21-17-12-7-2)41-40-62(70)78-54-57-50-55(52-76-60(68)37-28-22-25-33-48-75-64(71)58(34-15-10-5)35-26-18-13-8-3)49-56(51-57)53-77-61(69)39-38-59(36-27-19-14-9-4)79-65(72)66-42-45-67-43-29-30-44-67/h49-51,58-59,63H,6-19,22,25-48,52-54H2,1-5H3,(H,66,72). The Kier molecular flexibility index (Phi) is 43.9. The van der Waals surface area contributed by atoms with Gasteiger partial charge in [0.25, 0.3) is 0 Å². The SMILES string of the molecule is CCCCC#CCCOC(CCC(=O)OCc1cc(COC(=O)CCCCCCOC(=O)C(CCCC)CCCCCC)cc(COC(=O)CCC(CCCCCC)OC(=O)NCCN2CCCC2)c1)OCCC#CCCCC. The van der Waals surface area contributed by atoms with E-state index in [9.17, 15) is 24.0 Å². The summed E-state index contributed by atoms with van der Waals surface area (Å²) in [7, 11) is 0. The van der Waals surface area contributed by atoms with Gasteiger partial charge >= 0.3 is 30.0 Å². The van der Waals surface area contributed by atoms with Gasteiger partial charge in [0.1, 0.15) is 25.9 Å². The molecule has 1 heterocycles. The summed E-state index contributed by atoms with van der Waals surface area (Å²) in [4.78, 5) is 67.4. The van der Waals surface area contributed by atoms with Crippen LogP contribution < -0.4 is 5.32 Å². The van der Waals surface area contributed by atoms with Crippen LogP contribution in [0.15, 0.2) is 18.2 Å². The summed E-state index contributed by atoms with van der Waals surface area (Å²) in [5.74, 6) is 11.4. The highest BCUT2D eigenvalue weighted by molar-refractivity contribution is 5.72. The van der Waals surface area contributed by atoms with Gasteiger partial charge in [-0.2, -0.15) is 0 Å². The lowest BCUT2D eigenvalue weighted by molar-refractivity contribution is -0.158. The average molecular weight is 1110 g/mol. The molecule has 1 amide bonds. The van der Waals surface area contributed by atoms with E-state index in [-0.39, 0.29) is 56.9 Å². The van der Waals surface area contributed by atoms with Gasteiger partial charge in [-0.3, -0.25) is 19.2 Å². The first-order valence-corrected chi connectivity index (χ1v) is 31.2. The number of hydrogen-bond donors (Lipinski definition) is 1. The number of esters is 4. The quantitative estimate of drug-likeness (QED) is 0.0216. The van der Waals surface area contributed by atoms with Crippen molar-refractivity contribution in [1.82, 2.24) is 10.2 Å². The number of likely N-dealkylation sites (tertiary alicyclic amines) is 1. The molecule has 0 aliphatic carbocycles. The molecule has 2 atom stereocenters. The molecule has 0 spiro atoms. The summed E-state index contributed by atoms with van der Waals surface area (Å²) >= 11 is 0. The van der Waals surface area contributed by atoms with Gasteiger partial charge in [-0.1, -0.05) is 118 Å². The predicted molar refractivity (Wildman–Crippen MR) is 312 cm³/mol. The Morgan fingerprint density at radius 2 is 0.975 bits per heavy atom. The predicted octanol–water partition coefficient (Wildman–Crippen LogP) is 14.3. The largest absolute Gasteiger partial charge is 0.465 e. The van der Waals surface area contributed by atoms with E-state index < -0.39 is 30.4 Å². The van der Waals surface area contributed by atoms with Crippen molar-refractivity contribution in [2.24, 2.45) is 5.92 Å². The molecular weight excluding hydrogens is 1000 g/mol. The number of amides is 1. The minimum absolute atomic E-state index is 0.0192. The minimum atomic E-state index is -0.617. The van der Waals surface area contributed by atoms with Crippen molar-refractivity contribution in [1.29, 1.82) is 0 Å². The number of ether oxygens (including phenoxy) is 7. The van der Waals surface area contributed by atoms with Crippen LogP contribution in [0.4, 0.5) is 4.79 Å². The summed E-state index contributed by atoms with van der Waals surface area (Å²) in [6, 6.07) is 5.45. The molecule has 1 aromatic carbocycles. The van der Waals surface area contributed by atoms with Crippen molar-refractivity contribution in [2.75, 3.05) is 46.0 Å². The van der Waals surface area contributed by atoms with Crippen LogP contribution in [-0.2, 0) is 72.2 Å². The molecule has 0 bridgehead atoms. The van der Waals surface area contributed by atoms with Crippen LogP contribution in [0, 0.1) is 29.6 Å². The highest BCUT2D eigenvalue weighted by Gasteiger charge is 2.21. The average Bonchev–Trinajstić information content (AvgIpc) is 3.98. The number of nitrogens with zero attached hydrogens (tertiary/aromatic N) is 1. The summed E-state index contributed by atoms with van der Waals surface area (Å²) in [6.45, 7) is 15.2. The molecule has 1 saturated heterocycles. The number of alkyl carbamates (subject to hydrolysis) is 1. The Morgan fingerprint density at radius 3 is 1.53 bits per heavy atom. The maximum atomic E-state index is 13.3. The van der Waals surface area contributed by atoms with E-state index in [2.05, 4.69) is 68.5 Å². The topological polar surface area (TPSA) is 165 Å². The molecule has 0 radical (unpaired) electrons. The number of nitrogens with one attached hydrogen (secondary N) is 1. The third-order valence-corrected chi connectivity index (χ3v) is 13.9. The number of hydrogen-bond acceptors (Lipinski definition) is 13. The van der Waals surface area contributed by atoms with Crippen LogP contribution in [0.25, 0.3) is 0 Å². The second-order valence-electron chi connectivity index (χ2n) is 21.2. The van der Waals surface area contributed by atoms with Crippen LogP contribution >= 0.6 is 0 Å². The number of carbonyl (C=O) groups excluding carboxylic acids is 5. The van der Waals surface area contributed by atoms with Crippen LogP contribution in [-0.4, -0.2) is 93.3 Å². The lowest BCUT2D eigenvalue weighted by Crippen LogP contribution is -2.35. The molecule has 1 aliphatic rings. The molecule has 0 aromatic heterocycles. The zero-order chi connectivity index (χ0) is 57.2. The maximum Gasteiger partial charge on any atom is 0.407 e.